The lowest BCUT2D eigenvalue weighted by Gasteiger charge is -2.38. The lowest BCUT2D eigenvalue weighted by atomic mass is 9.99. The molecule has 11 heteroatoms. The zero-order valence-electron chi connectivity index (χ0n) is 36.2. The van der Waals surface area contributed by atoms with Crippen LogP contribution in [0.4, 0.5) is 0 Å². The summed E-state index contributed by atoms with van der Waals surface area (Å²) in [6.45, 7) is 3.64. The van der Waals surface area contributed by atoms with E-state index in [2.05, 4.69) is 86.8 Å². The van der Waals surface area contributed by atoms with E-state index in [1.54, 1.807) is 0 Å². The number of aliphatic carboxylic acids is 1. The fourth-order valence-corrected chi connectivity index (χ4v) is 6.25. The summed E-state index contributed by atoms with van der Waals surface area (Å²) in [5, 5.41) is 39.8. The average molecular weight is 831 g/mol. The van der Waals surface area contributed by atoms with E-state index < -0.39 is 61.3 Å². The molecule has 59 heavy (non-hydrogen) atoms. The monoisotopic (exact) mass is 831 g/mol. The van der Waals surface area contributed by atoms with E-state index in [1.165, 1.54) is 25.7 Å². The van der Waals surface area contributed by atoms with Crippen molar-refractivity contribution in [3.8, 4) is 0 Å². The van der Waals surface area contributed by atoms with Gasteiger partial charge in [0.25, 0.3) is 0 Å². The maximum absolute atomic E-state index is 12.8. The summed E-state index contributed by atoms with van der Waals surface area (Å²) in [6.07, 6.45) is 38.0. The van der Waals surface area contributed by atoms with Crippen LogP contribution in [0.2, 0.25) is 0 Å². The summed E-state index contributed by atoms with van der Waals surface area (Å²) in [6, 6.07) is 0. The maximum atomic E-state index is 12.8. The van der Waals surface area contributed by atoms with E-state index in [-0.39, 0.29) is 19.4 Å². The van der Waals surface area contributed by atoms with Gasteiger partial charge in [-0.1, -0.05) is 138 Å². The van der Waals surface area contributed by atoms with Crippen LogP contribution in [0, 0.1) is 0 Å². The fourth-order valence-electron chi connectivity index (χ4n) is 6.25. The molecule has 1 fully saturated rings. The first-order valence-electron chi connectivity index (χ1n) is 22.5. The van der Waals surface area contributed by atoms with Crippen molar-refractivity contribution in [1.82, 2.24) is 0 Å². The van der Waals surface area contributed by atoms with Crippen LogP contribution in [-0.2, 0) is 33.3 Å². The van der Waals surface area contributed by atoms with Crippen LogP contribution < -0.4 is 0 Å². The number of aliphatic hydroxyl groups excluding tert-OH is 3. The second-order valence-corrected chi connectivity index (χ2v) is 15.2. The summed E-state index contributed by atoms with van der Waals surface area (Å²) >= 11 is 0. The van der Waals surface area contributed by atoms with E-state index >= 15 is 0 Å². The number of unbranched alkanes of at least 4 members (excludes halogenated alkanes) is 13. The minimum atomic E-state index is -1.87. The standard InChI is InChI=1S/C48H78O11/c1-3-5-7-9-11-13-15-17-19-21-23-24-26-28-30-32-34-36-41(49)56-38-40(39-57-48-45(53)43(51)44(52)46(59-48)47(54)55)58-42(50)37-35-33-31-29-27-25-22-20-18-16-14-12-10-8-6-4-2/h5,7,11,13-14,16-17,19-20,22-24,40,43-46,48,51-53H,3-4,6,8-10,12,15,18,21,25-39H2,1-2H3,(H,54,55)/b7-5-,13-11-,16-14-,19-17-,22-20-,24-23-. The largest absolute Gasteiger partial charge is 0.479 e. The van der Waals surface area contributed by atoms with Crippen LogP contribution in [0.1, 0.15) is 162 Å². The number of rotatable bonds is 36. The quantitative estimate of drug-likeness (QED) is 0.0269. The molecule has 0 spiro atoms. The lowest BCUT2D eigenvalue weighted by molar-refractivity contribution is -0.298. The van der Waals surface area contributed by atoms with E-state index in [0.717, 1.165) is 96.3 Å². The second-order valence-electron chi connectivity index (χ2n) is 15.2. The first-order chi connectivity index (χ1) is 28.7. The Morgan fingerprint density at radius 2 is 1.00 bits per heavy atom. The molecule has 6 atom stereocenters. The summed E-state index contributed by atoms with van der Waals surface area (Å²) in [5.41, 5.74) is 0. The van der Waals surface area contributed by atoms with Crippen molar-refractivity contribution >= 4 is 17.9 Å². The molecule has 0 amide bonds. The molecule has 0 aliphatic carbocycles. The molecule has 0 aromatic heterocycles. The fraction of sp³-hybridized carbons (Fsp3) is 0.688. The Morgan fingerprint density at radius 1 is 0.542 bits per heavy atom. The minimum Gasteiger partial charge on any atom is -0.479 e. The van der Waals surface area contributed by atoms with Crippen molar-refractivity contribution in [2.75, 3.05) is 13.2 Å². The molecular formula is C48H78O11. The van der Waals surface area contributed by atoms with E-state index in [9.17, 15) is 34.8 Å². The van der Waals surface area contributed by atoms with Gasteiger partial charge in [-0.2, -0.15) is 0 Å². The Bertz CT molecular complexity index is 1250. The first-order valence-corrected chi connectivity index (χ1v) is 22.5. The normalized spacial score (nSPS) is 20.6. The van der Waals surface area contributed by atoms with Gasteiger partial charge in [-0.05, 0) is 83.5 Å². The highest BCUT2D eigenvalue weighted by atomic mass is 16.7. The van der Waals surface area contributed by atoms with E-state index in [4.69, 9.17) is 18.9 Å². The van der Waals surface area contributed by atoms with Gasteiger partial charge in [-0.25, -0.2) is 4.79 Å². The zero-order chi connectivity index (χ0) is 43.2. The molecule has 0 radical (unpaired) electrons. The molecule has 6 unspecified atom stereocenters. The van der Waals surface area contributed by atoms with Gasteiger partial charge < -0.3 is 39.4 Å². The van der Waals surface area contributed by atoms with E-state index in [1.807, 2.05) is 0 Å². The molecule has 0 aromatic rings. The number of carboxylic acids is 1. The molecule has 0 saturated carbocycles. The summed E-state index contributed by atoms with van der Waals surface area (Å²) < 4.78 is 21.7. The van der Waals surface area contributed by atoms with Crippen LogP contribution in [-0.4, -0.2) is 88.4 Å². The number of ether oxygens (including phenoxy) is 4. The summed E-state index contributed by atoms with van der Waals surface area (Å²) in [5.74, 6) is -2.50. The molecule has 0 bridgehead atoms. The van der Waals surface area contributed by atoms with Gasteiger partial charge >= 0.3 is 17.9 Å². The number of carbonyl (C=O) groups excluding carboxylic acids is 2. The molecule has 336 valence electrons. The van der Waals surface area contributed by atoms with Gasteiger partial charge in [0.15, 0.2) is 18.5 Å². The zero-order valence-corrected chi connectivity index (χ0v) is 36.2. The predicted octanol–water partition coefficient (Wildman–Crippen LogP) is 9.70. The van der Waals surface area contributed by atoms with Gasteiger partial charge in [0.05, 0.1) is 6.61 Å². The second kappa shape index (κ2) is 37.6. The third-order valence-electron chi connectivity index (χ3n) is 9.79. The van der Waals surface area contributed by atoms with Crippen molar-refractivity contribution in [2.45, 2.75) is 198 Å². The smallest absolute Gasteiger partial charge is 0.335 e. The van der Waals surface area contributed by atoms with Gasteiger partial charge in [-0.3, -0.25) is 9.59 Å². The Labute approximate surface area is 355 Å². The topological polar surface area (TPSA) is 169 Å². The Hall–Kier alpha value is -3.35. The van der Waals surface area contributed by atoms with Gasteiger partial charge in [-0.15, -0.1) is 0 Å². The van der Waals surface area contributed by atoms with Crippen LogP contribution in [0.5, 0.6) is 0 Å². The molecule has 0 aromatic carbocycles. The van der Waals surface area contributed by atoms with Crippen molar-refractivity contribution in [1.29, 1.82) is 0 Å². The minimum absolute atomic E-state index is 0.157. The first kappa shape index (κ1) is 53.7. The molecule has 1 saturated heterocycles. The molecule has 4 N–H and O–H groups in total. The third kappa shape index (κ3) is 29.5. The van der Waals surface area contributed by atoms with Gasteiger partial charge in [0.2, 0.25) is 0 Å². The molecule has 1 aliphatic heterocycles. The average Bonchev–Trinajstić information content (AvgIpc) is 3.22. The Kier molecular flexibility index (Phi) is 34.2. The molecule has 1 heterocycles. The highest BCUT2D eigenvalue weighted by Crippen LogP contribution is 2.23. The summed E-state index contributed by atoms with van der Waals surface area (Å²) in [4.78, 5) is 36.8. The number of carboxylic acid groups (broad SMARTS) is 1. The molecular weight excluding hydrogens is 753 g/mol. The summed E-state index contributed by atoms with van der Waals surface area (Å²) in [7, 11) is 0. The van der Waals surface area contributed by atoms with Crippen LogP contribution in [0.15, 0.2) is 72.9 Å². The van der Waals surface area contributed by atoms with Crippen molar-refractivity contribution < 1.29 is 53.8 Å². The Balaban J connectivity index is 2.41. The molecule has 11 nitrogen and oxygen atoms in total. The highest BCUT2D eigenvalue weighted by molar-refractivity contribution is 5.73. The lowest BCUT2D eigenvalue weighted by Crippen LogP contribution is -2.60. The van der Waals surface area contributed by atoms with Crippen molar-refractivity contribution in [3.05, 3.63) is 72.9 Å². The number of esters is 2. The number of carbonyl (C=O) groups is 3. The van der Waals surface area contributed by atoms with Crippen molar-refractivity contribution in [3.63, 3.8) is 0 Å². The third-order valence-corrected chi connectivity index (χ3v) is 9.79. The highest BCUT2D eigenvalue weighted by Gasteiger charge is 2.47. The van der Waals surface area contributed by atoms with Crippen LogP contribution >= 0.6 is 0 Å². The van der Waals surface area contributed by atoms with Gasteiger partial charge in [0.1, 0.15) is 24.9 Å². The van der Waals surface area contributed by atoms with Crippen LogP contribution in [0.25, 0.3) is 0 Å². The molecule has 1 rings (SSSR count). The predicted molar refractivity (Wildman–Crippen MR) is 233 cm³/mol. The van der Waals surface area contributed by atoms with E-state index in [0.29, 0.717) is 12.8 Å². The Morgan fingerprint density at radius 3 is 1.51 bits per heavy atom. The number of aliphatic hydroxyl groups is 3. The van der Waals surface area contributed by atoms with Gasteiger partial charge in [0, 0.05) is 12.8 Å². The number of hydrogen-bond acceptors (Lipinski definition) is 10. The van der Waals surface area contributed by atoms with Crippen molar-refractivity contribution in [2.24, 2.45) is 0 Å². The molecule has 1 aliphatic rings. The SMILES string of the molecule is CC/C=C\C/C=C\C/C=C\C/C=C\CCCCCCC(=O)OCC(COC1OC(C(=O)O)C(O)C(O)C1O)OC(=O)CCCCCCC/C=C\C/C=C\CCCCCC. The maximum Gasteiger partial charge on any atom is 0.335 e. The van der Waals surface area contributed by atoms with Crippen LogP contribution in [0.3, 0.4) is 0 Å². The number of hydrogen-bond donors (Lipinski definition) is 4. The number of allylic oxidation sites excluding steroid dienone is 12.